The second kappa shape index (κ2) is 7.89. The Morgan fingerprint density at radius 1 is 1.21 bits per heavy atom. The van der Waals surface area contributed by atoms with Gasteiger partial charge in [-0.3, -0.25) is 0 Å². The second-order valence-corrected chi connectivity index (χ2v) is 5.21. The molecule has 19 heavy (non-hydrogen) atoms. The molecule has 0 aliphatic rings. The zero-order valence-electron chi connectivity index (χ0n) is 10.3. The fourth-order valence-corrected chi connectivity index (χ4v) is 2.08. The van der Waals surface area contributed by atoms with Crippen molar-refractivity contribution in [2.45, 2.75) is 17.8 Å². The van der Waals surface area contributed by atoms with E-state index in [0.29, 0.717) is 23.4 Å². The van der Waals surface area contributed by atoms with Crippen LogP contribution in [0.25, 0.3) is 0 Å². The van der Waals surface area contributed by atoms with Crippen LogP contribution in [0.2, 0.25) is 0 Å². The van der Waals surface area contributed by atoms with Crippen LogP contribution in [0.4, 0.5) is 13.2 Å². The van der Waals surface area contributed by atoms with Gasteiger partial charge in [0.05, 0.1) is 13.2 Å². The minimum Gasteiger partial charge on any atom is -0.490 e. The molecule has 0 heterocycles. The summed E-state index contributed by atoms with van der Waals surface area (Å²) in [7, 11) is 0. The van der Waals surface area contributed by atoms with E-state index in [1.807, 2.05) is 19.1 Å². The van der Waals surface area contributed by atoms with Crippen molar-refractivity contribution < 1.29 is 22.6 Å². The first kappa shape index (κ1) is 16.5. The molecule has 0 aliphatic heterocycles. The molecule has 0 fully saturated rings. The summed E-state index contributed by atoms with van der Waals surface area (Å²) in [4.78, 5) is 0. The van der Waals surface area contributed by atoms with Gasteiger partial charge in [0.25, 0.3) is 0 Å². The van der Waals surface area contributed by atoms with Crippen LogP contribution < -0.4 is 9.47 Å². The van der Waals surface area contributed by atoms with Gasteiger partial charge in [-0.1, -0.05) is 22.0 Å². The average molecular weight is 359 g/mol. The molecule has 2 nitrogen and oxygen atoms in total. The summed E-state index contributed by atoms with van der Waals surface area (Å²) in [6.45, 7) is 2.29. The predicted molar refractivity (Wildman–Crippen MR) is 74.3 cm³/mol. The van der Waals surface area contributed by atoms with Crippen LogP contribution >= 0.6 is 27.7 Å². The maximum absolute atomic E-state index is 12.0. The first-order valence-electron chi connectivity index (χ1n) is 5.61. The van der Waals surface area contributed by atoms with E-state index in [0.717, 1.165) is 5.56 Å². The number of hydrogen-bond acceptors (Lipinski definition) is 3. The monoisotopic (exact) mass is 358 g/mol. The van der Waals surface area contributed by atoms with Crippen molar-refractivity contribution in [3.05, 3.63) is 23.8 Å². The smallest absolute Gasteiger partial charge is 0.441 e. The lowest BCUT2D eigenvalue weighted by atomic mass is 10.2. The molecule has 108 valence electrons. The van der Waals surface area contributed by atoms with Crippen molar-refractivity contribution in [2.75, 3.05) is 19.0 Å². The molecule has 0 aliphatic carbocycles. The minimum absolute atomic E-state index is 0.0160. The molecule has 0 bridgehead atoms. The molecule has 0 saturated heterocycles. The van der Waals surface area contributed by atoms with Gasteiger partial charge in [-0.2, -0.15) is 13.2 Å². The summed E-state index contributed by atoms with van der Waals surface area (Å²) in [5.74, 6) is 0.876. The first-order chi connectivity index (χ1) is 8.96. The van der Waals surface area contributed by atoms with Crippen molar-refractivity contribution >= 4 is 27.7 Å². The van der Waals surface area contributed by atoms with Gasteiger partial charge in [0.15, 0.2) is 11.5 Å². The number of alkyl halides is 4. The molecule has 0 radical (unpaired) electrons. The van der Waals surface area contributed by atoms with Gasteiger partial charge in [0.2, 0.25) is 0 Å². The van der Waals surface area contributed by atoms with Crippen LogP contribution in [0.3, 0.4) is 0 Å². The average Bonchev–Trinajstić information content (AvgIpc) is 2.35. The number of halogens is 4. The van der Waals surface area contributed by atoms with Crippen molar-refractivity contribution in [3.8, 4) is 11.5 Å². The van der Waals surface area contributed by atoms with E-state index in [1.165, 1.54) is 0 Å². The Labute approximate surface area is 122 Å². The Kier molecular flexibility index (Phi) is 6.85. The highest BCUT2D eigenvalue weighted by Gasteiger charge is 2.27. The van der Waals surface area contributed by atoms with Gasteiger partial charge in [0, 0.05) is 11.1 Å². The Bertz CT molecular complexity index is 399. The van der Waals surface area contributed by atoms with Crippen LogP contribution in [-0.4, -0.2) is 24.5 Å². The fourth-order valence-electron chi connectivity index (χ4n) is 1.33. The number of rotatable bonds is 7. The van der Waals surface area contributed by atoms with Gasteiger partial charge in [-0.05, 0) is 36.4 Å². The first-order valence-corrected chi connectivity index (χ1v) is 7.72. The molecule has 1 rings (SSSR count). The van der Waals surface area contributed by atoms with Crippen molar-refractivity contribution in [3.63, 3.8) is 0 Å². The molecule has 1 aromatic carbocycles. The van der Waals surface area contributed by atoms with E-state index in [1.54, 1.807) is 6.07 Å². The third-order valence-electron chi connectivity index (χ3n) is 2.07. The normalized spacial score (nSPS) is 11.4. The summed E-state index contributed by atoms with van der Waals surface area (Å²) in [5, 5.41) is 0.678. The van der Waals surface area contributed by atoms with Gasteiger partial charge in [-0.25, -0.2) is 0 Å². The zero-order valence-corrected chi connectivity index (χ0v) is 12.7. The molecule has 0 atom stereocenters. The molecule has 0 spiro atoms. The second-order valence-electron chi connectivity index (χ2n) is 3.49. The summed E-state index contributed by atoms with van der Waals surface area (Å²) >= 11 is 3.23. The minimum atomic E-state index is -4.22. The van der Waals surface area contributed by atoms with Crippen LogP contribution in [-0.2, 0) is 5.33 Å². The van der Waals surface area contributed by atoms with E-state index in [-0.39, 0.29) is 24.1 Å². The van der Waals surface area contributed by atoms with E-state index in [2.05, 4.69) is 15.9 Å². The lowest BCUT2D eigenvalue weighted by Crippen LogP contribution is -2.08. The topological polar surface area (TPSA) is 18.5 Å². The summed E-state index contributed by atoms with van der Waals surface area (Å²) in [6, 6.07) is 5.35. The van der Waals surface area contributed by atoms with Crippen LogP contribution in [0.5, 0.6) is 11.5 Å². The summed E-state index contributed by atoms with van der Waals surface area (Å²) in [5.41, 5.74) is -3.20. The third-order valence-corrected chi connectivity index (χ3v) is 3.41. The molecular formula is C12H14BrF3O2S. The summed E-state index contributed by atoms with van der Waals surface area (Å²) in [6.07, 6.45) is 0. The molecule has 0 saturated carbocycles. The van der Waals surface area contributed by atoms with Gasteiger partial charge in [0.1, 0.15) is 0 Å². The Morgan fingerprint density at radius 2 is 1.95 bits per heavy atom. The quantitative estimate of drug-likeness (QED) is 0.523. The molecule has 0 unspecified atom stereocenters. The van der Waals surface area contributed by atoms with Gasteiger partial charge < -0.3 is 9.47 Å². The maximum Gasteiger partial charge on any atom is 0.441 e. The maximum atomic E-state index is 12.0. The van der Waals surface area contributed by atoms with E-state index < -0.39 is 5.51 Å². The lowest BCUT2D eigenvalue weighted by Gasteiger charge is -2.13. The van der Waals surface area contributed by atoms with Gasteiger partial charge >= 0.3 is 5.51 Å². The molecule has 0 aromatic heterocycles. The number of benzene rings is 1. The fraction of sp³-hybridized carbons (Fsp3) is 0.500. The SMILES string of the molecule is CCOc1cc(CBr)ccc1OCCSC(F)(F)F. The van der Waals surface area contributed by atoms with Crippen LogP contribution in [0.1, 0.15) is 12.5 Å². The molecule has 0 N–H and O–H groups in total. The number of thioether (sulfide) groups is 1. The van der Waals surface area contributed by atoms with Gasteiger partial charge in [-0.15, -0.1) is 0 Å². The molecule has 0 amide bonds. The third kappa shape index (κ3) is 6.42. The van der Waals surface area contributed by atoms with Crippen LogP contribution in [0.15, 0.2) is 18.2 Å². The molecule has 7 heteroatoms. The van der Waals surface area contributed by atoms with E-state index in [4.69, 9.17) is 9.47 Å². The lowest BCUT2D eigenvalue weighted by molar-refractivity contribution is -0.0329. The van der Waals surface area contributed by atoms with E-state index >= 15 is 0 Å². The zero-order chi connectivity index (χ0) is 14.3. The highest BCUT2D eigenvalue weighted by atomic mass is 79.9. The van der Waals surface area contributed by atoms with Crippen molar-refractivity contribution in [1.29, 1.82) is 0 Å². The highest BCUT2D eigenvalue weighted by molar-refractivity contribution is 9.08. The van der Waals surface area contributed by atoms with E-state index in [9.17, 15) is 13.2 Å². The van der Waals surface area contributed by atoms with Crippen molar-refractivity contribution in [1.82, 2.24) is 0 Å². The van der Waals surface area contributed by atoms with Crippen LogP contribution in [0, 0.1) is 0 Å². The largest absolute Gasteiger partial charge is 0.490 e. The summed E-state index contributed by atoms with van der Waals surface area (Å²) < 4.78 is 46.6. The highest BCUT2D eigenvalue weighted by Crippen LogP contribution is 2.32. The number of hydrogen-bond donors (Lipinski definition) is 0. The molecule has 1 aromatic rings. The molecular weight excluding hydrogens is 345 g/mol. The Balaban J connectivity index is 2.56. The van der Waals surface area contributed by atoms with Crippen molar-refractivity contribution in [2.24, 2.45) is 0 Å². The Morgan fingerprint density at radius 3 is 2.53 bits per heavy atom. The number of ether oxygens (including phenoxy) is 2. The predicted octanol–water partition coefficient (Wildman–Crippen LogP) is 4.61. The standard InChI is InChI=1S/C12H14BrF3O2S/c1-2-17-11-7-9(8-13)3-4-10(11)18-5-6-19-12(14,15)16/h3-4,7H,2,5-6,8H2,1H3. The Hall–Kier alpha value is -0.560.